The highest BCUT2D eigenvalue weighted by atomic mass is 32.2. The zero-order chi connectivity index (χ0) is 17.3. The SMILES string of the molecule is CC1CCC(N(C)C(=O)CN=C2NS(=O)(=O)c3ccccc32)CC1. The summed E-state index contributed by atoms with van der Waals surface area (Å²) < 4.78 is 26.5. The third-order valence-electron chi connectivity index (χ3n) is 4.96. The monoisotopic (exact) mass is 349 g/mol. The molecule has 1 aliphatic heterocycles. The molecular weight excluding hydrogens is 326 g/mol. The Bertz CT molecular complexity index is 765. The molecular formula is C17H23N3O3S. The van der Waals surface area contributed by atoms with Crippen molar-refractivity contribution in [1.29, 1.82) is 0 Å². The maximum absolute atomic E-state index is 12.4. The second-order valence-corrected chi connectivity index (χ2v) is 8.34. The van der Waals surface area contributed by atoms with Gasteiger partial charge >= 0.3 is 0 Å². The molecule has 1 N–H and O–H groups in total. The standard InChI is InChI=1S/C17H23N3O3S/c1-12-7-9-13(10-8-12)20(2)16(21)11-18-17-14-5-3-4-6-15(14)24(22,23)19-17/h3-6,12-13H,7-11H2,1-2H3,(H,18,19). The number of hydrogen-bond donors (Lipinski definition) is 1. The average molecular weight is 349 g/mol. The summed E-state index contributed by atoms with van der Waals surface area (Å²) in [7, 11) is -1.74. The van der Waals surface area contributed by atoms with Gasteiger partial charge in [0.2, 0.25) is 5.91 Å². The molecule has 1 amide bonds. The van der Waals surface area contributed by atoms with Gasteiger partial charge in [0.25, 0.3) is 10.0 Å². The van der Waals surface area contributed by atoms with Crippen LogP contribution in [-0.2, 0) is 14.8 Å². The molecule has 24 heavy (non-hydrogen) atoms. The summed E-state index contributed by atoms with van der Waals surface area (Å²) >= 11 is 0. The molecule has 1 heterocycles. The summed E-state index contributed by atoms with van der Waals surface area (Å²) in [5.74, 6) is 0.907. The van der Waals surface area contributed by atoms with E-state index in [1.807, 2.05) is 7.05 Å². The van der Waals surface area contributed by atoms with E-state index in [9.17, 15) is 13.2 Å². The quantitative estimate of drug-likeness (QED) is 0.903. The molecule has 130 valence electrons. The second kappa shape index (κ2) is 6.55. The maximum atomic E-state index is 12.4. The number of amides is 1. The van der Waals surface area contributed by atoms with Crippen molar-refractivity contribution in [2.75, 3.05) is 13.6 Å². The number of benzene rings is 1. The van der Waals surface area contributed by atoms with E-state index < -0.39 is 10.0 Å². The van der Waals surface area contributed by atoms with Gasteiger partial charge in [-0.3, -0.25) is 14.5 Å². The van der Waals surface area contributed by atoms with Crippen molar-refractivity contribution in [2.24, 2.45) is 10.9 Å². The number of rotatable bonds is 3. The summed E-state index contributed by atoms with van der Waals surface area (Å²) in [4.78, 5) is 18.6. The lowest BCUT2D eigenvalue weighted by Crippen LogP contribution is -2.40. The number of nitrogens with zero attached hydrogens (tertiary/aromatic N) is 2. The van der Waals surface area contributed by atoms with Gasteiger partial charge in [-0.2, -0.15) is 0 Å². The minimum atomic E-state index is -3.56. The highest BCUT2D eigenvalue weighted by molar-refractivity contribution is 7.90. The molecule has 6 nitrogen and oxygen atoms in total. The van der Waals surface area contributed by atoms with Gasteiger partial charge in [0.1, 0.15) is 12.4 Å². The maximum Gasteiger partial charge on any atom is 0.263 e. The molecule has 7 heteroatoms. The first-order valence-electron chi connectivity index (χ1n) is 8.31. The number of carbonyl (C=O) groups is 1. The van der Waals surface area contributed by atoms with Gasteiger partial charge in [-0.1, -0.05) is 19.1 Å². The second-order valence-electron chi connectivity index (χ2n) is 6.68. The molecule has 0 spiro atoms. The highest BCUT2D eigenvalue weighted by Crippen LogP contribution is 2.26. The Morgan fingerprint density at radius 3 is 2.62 bits per heavy atom. The molecule has 2 aliphatic rings. The molecule has 0 bridgehead atoms. The number of fused-ring (bicyclic) bond motifs is 1. The lowest BCUT2D eigenvalue weighted by Gasteiger charge is -2.33. The first-order chi connectivity index (χ1) is 11.4. The van der Waals surface area contributed by atoms with Crippen LogP contribution >= 0.6 is 0 Å². The number of hydrogen-bond acceptors (Lipinski definition) is 4. The predicted molar refractivity (Wildman–Crippen MR) is 92.4 cm³/mol. The van der Waals surface area contributed by atoms with Crippen LogP contribution in [-0.4, -0.2) is 44.7 Å². The summed E-state index contributed by atoms with van der Waals surface area (Å²) in [5, 5.41) is 0. The lowest BCUT2D eigenvalue weighted by atomic mass is 9.87. The fraction of sp³-hybridized carbons (Fsp3) is 0.529. The van der Waals surface area contributed by atoms with Crippen LogP contribution in [0.25, 0.3) is 0 Å². The van der Waals surface area contributed by atoms with Crippen LogP contribution < -0.4 is 4.72 Å². The summed E-state index contributed by atoms with van der Waals surface area (Å²) in [6.07, 6.45) is 4.33. The molecule has 1 aromatic rings. The van der Waals surface area contributed by atoms with Gasteiger partial charge < -0.3 is 4.90 Å². The number of nitrogens with one attached hydrogen (secondary N) is 1. The van der Waals surface area contributed by atoms with Crippen molar-refractivity contribution in [1.82, 2.24) is 9.62 Å². The predicted octanol–water partition coefficient (Wildman–Crippen LogP) is 1.76. The Labute approximate surface area is 143 Å². The van der Waals surface area contributed by atoms with Gasteiger partial charge in [0, 0.05) is 18.7 Å². The first kappa shape index (κ1) is 17.0. The van der Waals surface area contributed by atoms with E-state index in [0.717, 1.165) is 31.6 Å². The Balaban J connectivity index is 1.69. The molecule has 1 aromatic carbocycles. The van der Waals surface area contributed by atoms with E-state index in [-0.39, 0.29) is 29.2 Å². The Morgan fingerprint density at radius 2 is 1.92 bits per heavy atom. The molecule has 0 radical (unpaired) electrons. The third-order valence-corrected chi connectivity index (χ3v) is 6.36. The first-order valence-corrected chi connectivity index (χ1v) is 9.79. The van der Waals surface area contributed by atoms with Crippen LogP contribution in [0.5, 0.6) is 0 Å². The number of sulfonamides is 1. The van der Waals surface area contributed by atoms with E-state index >= 15 is 0 Å². The largest absolute Gasteiger partial charge is 0.341 e. The molecule has 0 aromatic heterocycles. The fourth-order valence-electron chi connectivity index (χ4n) is 3.34. The van der Waals surface area contributed by atoms with Crippen LogP contribution in [0.4, 0.5) is 0 Å². The van der Waals surface area contributed by atoms with Gasteiger partial charge in [-0.25, -0.2) is 8.42 Å². The van der Waals surface area contributed by atoms with E-state index in [1.165, 1.54) is 6.07 Å². The zero-order valence-corrected chi connectivity index (χ0v) is 14.8. The van der Waals surface area contributed by atoms with E-state index in [0.29, 0.717) is 5.56 Å². The topological polar surface area (TPSA) is 78.8 Å². The number of aliphatic imine (C=N–C) groups is 1. The highest BCUT2D eigenvalue weighted by Gasteiger charge is 2.30. The Hall–Kier alpha value is -1.89. The summed E-state index contributed by atoms with van der Waals surface area (Å²) in [6, 6.07) is 6.93. The fourth-order valence-corrected chi connectivity index (χ4v) is 4.59. The number of carbonyl (C=O) groups excluding carboxylic acids is 1. The molecule has 1 aliphatic carbocycles. The van der Waals surface area contributed by atoms with Crippen LogP contribution in [0, 0.1) is 5.92 Å². The Morgan fingerprint density at radius 1 is 1.25 bits per heavy atom. The Kier molecular flexibility index (Phi) is 4.62. The van der Waals surface area contributed by atoms with Crippen LogP contribution in [0.3, 0.4) is 0 Å². The van der Waals surface area contributed by atoms with E-state index in [1.54, 1.807) is 23.1 Å². The lowest BCUT2D eigenvalue weighted by molar-refractivity contribution is -0.131. The van der Waals surface area contributed by atoms with Crippen LogP contribution in [0.1, 0.15) is 38.2 Å². The van der Waals surface area contributed by atoms with Crippen molar-refractivity contribution in [3.05, 3.63) is 29.8 Å². The number of likely N-dealkylation sites (N-methyl/N-ethyl adjacent to an activating group) is 1. The molecule has 1 fully saturated rings. The molecule has 0 unspecified atom stereocenters. The molecule has 0 saturated heterocycles. The summed E-state index contributed by atoms with van der Waals surface area (Å²) in [5.41, 5.74) is 0.527. The van der Waals surface area contributed by atoms with Crippen LogP contribution in [0.2, 0.25) is 0 Å². The smallest absolute Gasteiger partial charge is 0.263 e. The van der Waals surface area contributed by atoms with Crippen molar-refractivity contribution in [3.63, 3.8) is 0 Å². The van der Waals surface area contributed by atoms with Gasteiger partial charge in [-0.05, 0) is 43.7 Å². The van der Waals surface area contributed by atoms with Crippen LogP contribution in [0.15, 0.2) is 34.2 Å². The molecule has 1 saturated carbocycles. The van der Waals surface area contributed by atoms with Crippen molar-refractivity contribution in [2.45, 2.75) is 43.5 Å². The average Bonchev–Trinajstić information content (AvgIpc) is 2.84. The van der Waals surface area contributed by atoms with Crippen molar-refractivity contribution in [3.8, 4) is 0 Å². The molecule has 0 atom stereocenters. The number of amidine groups is 1. The van der Waals surface area contributed by atoms with Crippen molar-refractivity contribution >= 4 is 21.8 Å². The zero-order valence-electron chi connectivity index (χ0n) is 14.0. The molecule has 3 rings (SSSR count). The summed E-state index contributed by atoms with van der Waals surface area (Å²) in [6.45, 7) is 2.20. The minimum Gasteiger partial charge on any atom is -0.341 e. The van der Waals surface area contributed by atoms with Gasteiger partial charge in [0.15, 0.2) is 0 Å². The third kappa shape index (κ3) is 3.31. The van der Waals surface area contributed by atoms with E-state index in [2.05, 4.69) is 16.6 Å². The van der Waals surface area contributed by atoms with Crippen molar-refractivity contribution < 1.29 is 13.2 Å². The van der Waals surface area contributed by atoms with E-state index in [4.69, 9.17) is 0 Å². The van der Waals surface area contributed by atoms with Gasteiger partial charge in [-0.15, -0.1) is 0 Å². The normalized spacial score (nSPS) is 26.7. The van der Waals surface area contributed by atoms with Gasteiger partial charge in [0.05, 0.1) is 4.90 Å². The minimum absolute atomic E-state index is 0.0469.